The minimum absolute atomic E-state index is 0.0123. The van der Waals surface area contributed by atoms with Crippen LogP contribution in [0.4, 0.5) is 5.69 Å². The molecule has 1 N–H and O–H groups in total. The summed E-state index contributed by atoms with van der Waals surface area (Å²) in [4.78, 5) is 13.6. The highest BCUT2D eigenvalue weighted by molar-refractivity contribution is 7.89. The number of methoxy groups -OCH3 is 2. The molecule has 1 amide bonds. The van der Waals surface area contributed by atoms with Crippen LogP contribution in [-0.2, 0) is 24.8 Å². The summed E-state index contributed by atoms with van der Waals surface area (Å²) in [6.07, 6.45) is 0. The number of benzene rings is 3. The van der Waals surface area contributed by atoms with E-state index in [0.717, 1.165) is 8.61 Å². The zero-order valence-corrected chi connectivity index (χ0v) is 21.9. The molecule has 37 heavy (non-hydrogen) atoms. The minimum atomic E-state index is -4.10. The van der Waals surface area contributed by atoms with Crippen LogP contribution in [0.25, 0.3) is 0 Å². The summed E-state index contributed by atoms with van der Waals surface area (Å²) in [5.74, 6) is 0.136. The maximum absolute atomic E-state index is 13.5. The number of hydrogen-bond acceptors (Lipinski definition) is 7. The van der Waals surface area contributed by atoms with Crippen molar-refractivity contribution in [3.8, 4) is 11.5 Å². The molecule has 10 nitrogen and oxygen atoms in total. The third-order valence-electron chi connectivity index (χ3n) is 5.98. The Morgan fingerprint density at radius 3 is 1.92 bits per heavy atom. The van der Waals surface area contributed by atoms with Crippen LogP contribution in [0.15, 0.2) is 88.7 Å². The number of nitrogens with zero attached hydrogens (tertiary/aromatic N) is 2. The minimum Gasteiger partial charge on any atom is -0.493 e. The first-order chi connectivity index (χ1) is 17.7. The van der Waals surface area contributed by atoms with Gasteiger partial charge in [0.2, 0.25) is 26.0 Å². The van der Waals surface area contributed by atoms with Gasteiger partial charge in [0.1, 0.15) is 6.04 Å². The highest BCUT2D eigenvalue weighted by Gasteiger charge is 2.43. The summed E-state index contributed by atoms with van der Waals surface area (Å²) in [6, 6.07) is 18.9. The van der Waals surface area contributed by atoms with Crippen molar-refractivity contribution in [1.29, 1.82) is 0 Å². The van der Waals surface area contributed by atoms with E-state index < -0.39 is 32.0 Å². The first kappa shape index (κ1) is 26.6. The normalized spacial score (nSPS) is 17.2. The molecule has 0 unspecified atom stereocenters. The molecular weight excluding hydrogens is 518 g/mol. The van der Waals surface area contributed by atoms with Crippen LogP contribution < -0.4 is 14.8 Å². The second-order valence-electron chi connectivity index (χ2n) is 8.18. The molecule has 196 valence electrons. The molecule has 0 aromatic heterocycles. The summed E-state index contributed by atoms with van der Waals surface area (Å²) in [5, 5.41) is 2.70. The highest BCUT2D eigenvalue weighted by Crippen LogP contribution is 2.31. The van der Waals surface area contributed by atoms with Gasteiger partial charge in [-0.05, 0) is 36.4 Å². The second-order valence-corrected chi connectivity index (χ2v) is 12.0. The van der Waals surface area contributed by atoms with Crippen LogP contribution in [-0.4, -0.2) is 71.2 Å². The average Bonchev–Trinajstić information content (AvgIpc) is 2.93. The van der Waals surface area contributed by atoms with Crippen molar-refractivity contribution in [2.45, 2.75) is 15.8 Å². The van der Waals surface area contributed by atoms with Gasteiger partial charge in [-0.15, -0.1) is 0 Å². The molecule has 12 heteroatoms. The Kier molecular flexibility index (Phi) is 7.83. The molecule has 1 aliphatic heterocycles. The Morgan fingerprint density at radius 2 is 1.35 bits per heavy atom. The third-order valence-corrected chi connectivity index (χ3v) is 9.78. The number of sulfonamides is 2. The molecule has 4 rings (SSSR count). The Morgan fingerprint density at radius 1 is 0.784 bits per heavy atom. The predicted octanol–water partition coefficient (Wildman–Crippen LogP) is 2.41. The number of carbonyl (C=O) groups is 1. The van der Waals surface area contributed by atoms with Gasteiger partial charge in [-0.2, -0.15) is 8.61 Å². The number of carbonyl (C=O) groups excluding carboxylic acids is 1. The second kappa shape index (κ2) is 10.9. The first-order valence-electron chi connectivity index (χ1n) is 11.3. The molecule has 1 atom stereocenters. The summed E-state index contributed by atoms with van der Waals surface area (Å²) >= 11 is 0. The SMILES string of the molecule is COc1ccc(NC(=O)[C@@H]2CN(S(=O)(=O)c3ccccc3)CCN2S(=O)(=O)c2ccccc2)cc1OC. The van der Waals surface area contributed by atoms with Gasteiger partial charge < -0.3 is 14.8 Å². The standard InChI is InChI=1S/C25H27N3O7S2/c1-34-23-14-13-19(17-24(23)35-2)26-25(29)22-18-27(36(30,31)20-9-5-3-6-10-20)15-16-28(22)37(32,33)21-11-7-4-8-12-21/h3-14,17,22H,15-16,18H2,1-2H3,(H,26,29)/t22-/m0/s1. The largest absolute Gasteiger partial charge is 0.493 e. The zero-order valence-electron chi connectivity index (χ0n) is 20.3. The fourth-order valence-corrected chi connectivity index (χ4v) is 7.12. The monoisotopic (exact) mass is 545 g/mol. The third kappa shape index (κ3) is 5.47. The lowest BCUT2D eigenvalue weighted by Gasteiger charge is -2.38. The van der Waals surface area contributed by atoms with Crippen molar-refractivity contribution in [2.75, 3.05) is 39.2 Å². The van der Waals surface area contributed by atoms with Crippen molar-refractivity contribution in [2.24, 2.45) is 0 Å². The molecule has 1 fully saturated rings. The van der Waals surface area contributed by atoms with Crippen molar-refractivity contribution >= 4 is 31.6 Å². The van der Waals surface area contributed by atoms with E-state index in [1.54, 1.807) is 48.5 Å². The van der Waals surface area contributed by atoms with E-state index in [-0.39, 0.29) is 29.4 Å². The number of piperazine rings is 1. The van der Waals surface area contributed by atoms with Crippen molar-refractivity contribution in [3.63, 3.8) is 0 Å². The maximum Gasteiger partial charge on any atom is 0.244 e. The Bertz CT molecular complexity index is 1460. The van der Waals surface area contributed by atoms with E-state index in [1.807, 2.05) is 0 Å². The lowest BCUT2D eigenvalue weighted by atomic mass is 10.2. The van der Waals surface area contributed by atoms with E-state index in [9.17, 15) is 21.6 Å². The van der Waals surface area contributed by atoms with Gasteiger partial charge in [0.25, 0.3) is 0 Å². The summed E-state index contributed by atoms with van der Waals surface area (Å²) in [5.41, 5.74) is 0.336. The van der Waals surface area contributed by atoms with Crippen LogP contribution >= 0.6 is 0 Å². The number of ether oxygens (including phenoxy) is 2. The van der Waals surface area contributed by atoms with Crippen LogP contribution in [0.5, 0.6) is 11.5 Å². The lowest BCUT2D eigenvalue weighted by Crippen LogP contribution is -2.60. The number of hydrogen-bond donors (Lipinski definition) is 1. The summed E-state index contributed by atoms with van der Waals surface area (Å²) in [6.45, 7) is -0.668. The van der Waals surface area contributed by atoms with Crippen molar-refractivity contribution < 1.29 is 31.1 Å². The molecule has 0 aliphatic carbocycles. The zero-order chi connectivity index (χ0) is 26.6. The van der Waals surface area contributed by atoms with E-state index in [1.165, 1.54) is 44.6 Å². The highest BCUT2D eigenvalue weighted by atomic mass is 32.2. The fraction of sp³-hybridized carbons (Fsp3) is 0.240. The Balaban J connectivity index is 1.69. The molecule has 0 saturated carbocycles. The van der Waals surface area contributed by atoms with Gasteiger partial charge in [0.15, 0.2) is 11.5 Å². The summed E-state index contributed by atoms with van der Waals surface area (Å²) < 4.78 is 66.3. The van der Waals surface area contributed by atoms with Crippen LogP contribution in [0, 0.1) is 0 Å². The molecule has 0 radical (unpaired) electrons. The average molecular weight is 546 g/mol. The van der Waals surface area contributed by atoms with E-state index in [2.05, 4.69) is 5.32 Å². The molecule has 1 saturated heterocycles. The van der Waals surface area contributed by atoms with Gasteiger partial charge in [-0.25, -0.2) is 16.8 Å². The molecule has 1 aliphatic rings. The Labute approximate surface area is 216 Å². The molecule has 3 aromatic carbocycles. The van der Waals surface area contributed by atoms with Crippen molar-refractivity contribution in [3.05, 3.63) is 78.9 Å². The van der Waals surface area contributed by atoms with Gasteiger partial charge in [-0.1, -0.05) is 36.4 Å². The van der Waals surface area contributed by atoms with E-state index >= 15 is 0 Å². The van der Waals surface area contributed by atoms with Crippen molar-refractivity contribution in [1.82, 2.24) is 8.61 Å². The fourth-order valence-electron chi connectivity index (χ4n) is 4.07. The van der Waals surface area contributed by atoms with E-state index in [0.29, 0.717) is 17.2 Å². The molecule has 3 aromatic rings. The number of anilines is 1. The molecule has 1 heterocycles. The van der Waals surface area contributed by atoms with Crippen LogP contribution in [0.2, 0.25) is 0 Å². The molecule has 0 bridgehead atoms. The van der Waals surface area contributed by atoms with Crippen LogP contribution in [0.1, 0.15) is 0 Å². The molecule has 0 spiro atoms. The number of rotatable bonds is 8. The lowest BCUT2D eigenvalue weighted by molar-refractivity contribution is -0.120. The molecular formula is C25H27N3O7S2. The van der Waals surface area contributed by atoms with Crippen LogP contribution in [0.3, 0.4) is 0 Å². The van der Waals surface area contributed by atoms with E-state index in [4.69, 9.17) is 9.47 Å². The smallest absolute Gasteiger partial charge is 0.244 e. The van der Waals surface area contributed by atoms with Gasteiger partial charge in [0.05, 0.1) is 24.0 Å². The topological polar surface area (TPSA) is 122 Å². The Hall–Kier alpha value is -3.45. The predicted molar refractivity (Wildman–Crippen MR) is 137 cm³/mol. The first-order valence-corrected chi connectivity index (χ1v) is 14.2. The summed E-state index contributed by atoms with van der Waals surface area (Å²) in [7, 11) is -5.13. The number of amides is 1. The van der Waals surface area contributed by atoms with Gasteiger partial charge in [-0.3, -0.25) is 4.79 Å². The number of nitrogens with one attached hydrogen (secondary N) is 1. The maximum atomic E-state index is 13.5. The van der Waals surface area contributed by atoms with Gasteiger partial charge >= 0.3 is 0 Å². The van der Waals surface area contributed by atoms with Gasteiger partial charge in [0, 0.05) is 31.4 Å². The quantitative estimate of drug-likeness (QED) is 0.461.